The second-order valence-electron chi connectivity index (χ2n) is 9.54. The van der Waals surface area contributed by atoms with Gasteiger partial charge in [0.2, 0.25) is 0 Å². The largest absolute Gasteiger partial charge is 0.372 e. The lowest BCUT2D eigenvalue weighted by atomic mass is 9.73. The molecule has 0 saturated carbocycles. The summed E-state index contributed by atoms with van der Waals surface area (Å²) in [6.07, 6.45) is 1.14. The summed E-state index contributed by atoms with van der Waals surface area (Å²) in [4.78, 5) is 26.3. The third-order valence-electron chi connectivity index (χ3n) is 6.32. The molecule has 1 atom stereocenters. The van der Waals surface area contributed by atoms with Crippen molar-refractivity contribution in [2.24, 2.45) is 5.41 Å². The molecule has 0 bridgehead atoms. The minimum atomic E-state index is -0.409. The number of nitrogens with one attached hydrogen (secondary N) is 2. The monoisotopic (exact) mass is 440 g/mol. The van der Waals surface area contributed by atoms with Crippen molar-refractivity contribution >= 4 is 22.9 Å². The summed E-state index contributed by atoms with van der Waals surface area (Å²) < 4.78 is 13.6. The molecule has 3 aromatic carbocycles. The molecule has 33 heavy (non-hydrogen) atoms. The molecule has 2 aliphatic rings. The summed E-state index contributed by atoms with van der Waals surface area (Å²) in [5.74, 6) is -0.307. The topological polar surface area (TPSA) is 58.2 Å². The SMILES string of the molecule is CC1(C)CC(=O)C2=C(C1)Nc1cc(C(=O)c3ccccc3)ccc1N[C@@H]2c1ccc(F)cc1. The highest BCUT2D eigenvalue weighted by Gasteiger charge is 2.38. The van der Waals surface area contributed by atoms with Crippen molar-refractivity contribution in [3.8, 4) is 0 Å². The van der Waals surface area contributed by atoms with E-state index in [0.29, 0.717) is 29.5 Å². The highest BCUT2D eigenvalue weighted by Crippen LogP contribution is 2.45. The fourth-order valence-electron chi connectivity index (χ4n) is 4.75. The van der Waals surface area contributed by atoms with E-state index in [4.69, 9.17) is 0 Å². The first-order chi connectivity index (χ1) is 15.8. The number of ketones is 2. The Labute approximate surface area is 192 Å². The Kier molecular flexibility index (Phi) is 5.12. The van der Waals surface area contributed by atoms with Crippen LogP contribution in [-0.2, 0) is 4.79 Å². The highest BCUT2D eigenvalue weighted by atomic mass is 19.1. The minimum absolute atomic E-state index is 0.0613. The van der Waals surface area contributed by atoms with E-state index in [1.165, 1.54) is 12.1 Å². The van der Waals surface area contributed by atoms with Gasteiger partial charge in [-0.05, 0) is 47.7 Å². The van der Waals surface area contributed by atoms with Gasteiger partial charge >= 0.3 is 0 Å². The molecule has 0 spiro atoms. The summed E-state index contributed by atoms with van der Waals surface area (Å²) in [5.41, 5.74) is 4.88. The Morgan fingerprint density at radius 1 is 0.909 bits per heavy atom. The summed E-state index contributed by atoms with van der Waals surface area (Å²) in [7, 11) is 0. The molecular weight excluding hydrogens is 415 g/mol. The lowest BCUT2D eigenvalue weighted by molar-refractivity contribution is -0.118. The number of Topliss-reactive ketones (excluding diaryl/α,β-unsaturated/α-hetero) is 1. The van der Waals surface area contributed by atoms with Gasteiger partial charge in [-0.2, -0.15) is 0 Å². The van der Waals surface area contributed by atoms with Crippen LogP contribution >= 0.6 is 0 Å². The van der Waals surface area contributed by atoms with Crippen molar-refractivity contribution in [3.63, 3.8) is 0 Å². The minimum Gasteiger partial charge on any atom is -0.372 e. The standard InChI is InChI=1S/C28H25FN2O2/c1-28(2)15-23-25(24(32)16-28)26(17-8-11-20(29)12-9-17)31-21-13-10-19(14-22(21)30-23)27(33)18-6-4-3-5-7-18/h3-14,26,30-31H,15-16H2,1-2H3/t26-/m1/s1. The maximum atomic E-state index is 13.6. The Balaban J connectivity index is 1.60. The molecule has 2 N–H and O–H groups in total. The second kappa shape index (κ2) is 8.00. The van der Waals surface area contributed by atoms with E-state index in [9.17, 15) is 14.0 Å². The molecule has 0 fully saturated rings. The molecule has 1 aliphatic carbocycles. The number of hydrogen-bond donors (Lipinski definition) is 2. The molecule has 0 aromatic heterocycles. The Morgan fingerprint density at radius 2 is 1.64 bits per heavy atom. The first kappa shape index (κ1) is 21.1. The zero-order valence-corrected chi connectivity index (χ0v) is 18.6. The molecule has 5 rings (SSSR count). The van der Waals surface area contributed by atoms with Gasteiger partial charge in [0.15, 0.2) is 11.6 Å². The van der Waals surface area contributed by atoms with Gasteiger partial charge in [-0.15, -0.1) is 0 Å². The molecular formula is C28H25FN2O2. The fourth-order valence-corrected chi connectivity index (χ4v) is 4.75. The average molecular weight is 441 g/mol. The lowest BCUT2D eigenvalue weighted by Gasteiger charge is -2.34. The van der Waals surface area contributed by atoms with Crippen molar-refractivity contribution in [1.29, 1.82) is 0 Å². The maximum absolute atomic E-state index is 13.6. The number of rotatable bonds is 3. The first-order valence-electron chi connectivity index (χ1n) is 11.1. The average Bonchev–Trinajstić information content (AvgIpc) is 2.95. The summed E-state index contributed by atoms with van der Waals surface area (Å²) in [6.45, 7) is 4.16. The molecule has 0 saturated heterocycles. The van der Waals surface area contributed by atoms with Gasteiger partial charge in [-0.3, -0.25) is 9.59 Å². The maximum Gasteiger partial charge on any atom is 0.193 e. The highest BCUT2D eigenvalue weighted by molar-refractivity contribution is 6.10. The van der Waals surface area contributed by atoms with E-state index in [2.05, 4.69) is 24.5 Å². The van der Waals surface area contributed by atoms with Crippen LogP contribution in [0.2, 0.25) is 0 Å². The van der Waals surface area contributed by atoms with E-state index < -0.39 is 6.04 Å². The number of carbonyl (C=O) groups excluding carboxylic acids is 2. The van der Waals surface area contributed by atoms with E-state index in [1.54, 1.807) is 30.3 Å². The molecule has 4 nitrogen and oxygen atoms in total. The summed E-state index contributed by atoms with van der Waals surface area (Å²) in [5, 5.41) is 6.96. The second-order valence-corrected chi connectivity index (χ2v) is 9.54. The smallest absolute Gasteiger partial charge is 0.193 e. The molecule has 0 amide bonds. The van der Waals surface area contributed by atoms with Crippen molar-refractivity contribution < 1.29 is 14.0 Å². The predicted molar refractivity (Wildman–Crippen MR) is 128 cm³/mol. The predicted octanol–water partition coefficient (Wildman–Crippen LogP) is 6.28. The van der Waals surface area contributed by atoms with Gasteiger partial charge < -0.3 is 10.6 Å². The molecule has 1 heterocycles. The van der Waals surface area contributed by atoms with Crippen LogP contribution in [0.1, 0.15) is 54.2 Å². The van der Waals surface area contributed by atoms with Gasteiger partial charge in [0.1, 0.15) is 5.82 Å². The quantitative estimate of drug-likeness (QED) is 0.471. The molecule has 166 valence electrons. The number of allylic oxidation sites excluding steroid dienone is 1. The van der Waals surface area contributed by atoms with Crippen LogP contribution in [0.15, 0.2) is 84.1 Å². The molecule has 0 radical (unpaired) electrons. The first-order valence-corrected chi connectivity index (χ1v) is 11.1. The number of hydrogen-bond acceptors (Lipinski definition) is 4. The number of fused-ring (bicyclic) bond motifs is 1. The Bertz CT molecular complexity index is 1280. The Hall–Kier alpha value is -3.73. The van der Waals surface area contributed by atoms with Crippen LogP contribution in [-0.4, -0.2) is 11.6 Å². The Morgan fingerprint density at radius 3 is 2.36 bits per heavy atom. The lowest BCUT2D eigenvalue weighted by Crippen LogP contribution is -2.31. The van der Waals surface area contributed by atoms with E-state index >= 15 is 0 Å². The third-order valence-corrected chi connectivity index (χ3v) is 6.32. The molecule has 0 unspecified atom stereocenters. The number of benzene rings is 3. The molecule has 1 aliphatic heterocycles. The van der Waals surface area contributed by atoms with Crippen LogP contribution in [0.5, 0.6) is 0 Å². The normalized spacial score (nSPS) is 19.0. The zero-order valence-electron chi connectivity index (χ0n) is 18.6. The van der Waals surface area contributed by atoms with Crippen LogP contribution in [0, 0.1) is 11.2 Å². The van der Waals surface area contributed by atoms with Gasteiger partial charge in [-0.1, -0.05) is 56.3 Å². The number of halogens is 1. The zero-order chi connectivity index (χ0) is 23.2. The molecule has 5 heteroatoms. The van der Waals surface area contributed by atoms with Crippen molar-refractivity contribution in [1.82, 2.24) is 0 Å². The van der Waals surface area contributed by atoms with Crippen molar-refractivity contribution in [3.05, 3.63) is 107 Å². The number of carbonyl (C=O) groups is 2. The van der Waals surface area contributed by atoms with E-state index in [0.717, 1.165) is 22.6 Å². The van der Waals surface area contributed by atoms with Crippen LogP contribution < -0.4 is 10.6 Å². The van der Waals surface area contributed by atoms with Gasteiger partial charge in [0.25, 0.3) is 0 Å². The van der Waals surface area contributed by atoms with Crippen LogP contribution in [0.25, 0.3) is 0 Å². The molecule has 3 aromatic rings. The van der Waals surface area contributed by atoms with E-state index in [1.807, 2.05) is 30.3 Å². The van der Waals surface area contributed by atoms with Gasteiger partial charge in [0.05, 0.1) is 17.4 Å². The number of anilines is 2. The third kappa shape index (κ3) is 4.07. The van der Waals surface area contributed by atoms with E-state index in [-0.39, 0.29) is 22.8 Å². The fraction of sp³-hybridized carbons (Fsp3) is 0.214. The van der Waals surface area contributed by atoms with Crippen molar-refractivity contribution in [2.45, 2.75) is 32.7 Å². The summed E-state index contributed by atoms with van der Waals surface area (Å²) in [6, 6.07) is 20.5. The summed E-state index contributed by atoms with van der Waals surface area (Å²) >= 11 is 0. The van der Waals surface area contributed by atoms with Gasteiger partial charge in [-0.25, -0.2) is 4.39 Å². The van der Waals surface area contributed by atoms with Crippen LogP contribution in [0.3, 0.4) is 0 Å². The van der Waals surface area contributed by atoms with Crippen molar-refractivity contribution in [2.75, 3.05) is 10.6 Å². The van der Waals surface area contributed by atoms with Crippen LogP contribution in [0.4, 0.5) is 15.8 Å². The van der Waals surface area contributed by atoms with Gasteiger partial charge in [0, 0.05) is 28.8 Å².